The topological polar surface area (TPSA) is 54.9 Å². The SMILES string of the molecule is O=C(CSc1nc(-c2ccccc2)cc(C(F)(F)F)n1)Nc1ccc(Cl)cc1. The predicted molar refractivity (Wildman–Crippen MR) is 103 cm³/mol. The number of nitrogens with one attached hydrogen (secondary N) is 1. The van der Waals surface area contributed by atoms with E-state index in [1.807, 2.05) is 0 Å². The molecule has 0 saturated heterocycles. The summed E-state index contributed by atoms with van der Waals surface area (Å²) in [5.41, 5.74) is 0.151. The Labute approximate surface area is 168 Å². The second-order valence-electron chi connectivity index (χ2n) is 5.63. The van der Waals surface area contributed by atoms with Gasteiger partial charge in [0.2, 0.25) is 5.91 Å². The summed E-state index contributed by atoms with van der Waals surface area (Å²) >= 11 is 6.61. The van der Waals surface area contributed by atoms with Gasteiger partial charge < -0.3 is 5.32 Å². The number of rotatable bonds is 5. The highest BCUT2D eigenvalue weighted by Gasteiger charge is 2.33. The number of thioether (sulfide) groups is 1. The standard InChI is InChI=1S/C19H13ClF3N3OS/c20-13-6-8-14(9-7-13)24-17(27)11-28-18-25-15(12-4-2-1-3-5-12)10-16(26-18)19(21,22)23/h1-10H,11H2,(H,24,27). The Morgan fingerprint density at radius 2 is 1.71 bits per heavy atom. The van der Waals surface area contributed by atoms with Crippen LogP contribution in [0.4, 0.5) is 18.9 Å². The normalized spacial score (nSPS) is 11.3. The summed E-state index contributed by atoms with van der Waals surface area (Å²) in [4.78, 5) is 19.8. The average molecular weight is 424 g/mol. The summed E-state index contributed by atoms with van der Waals surface area (Å²) in [6, 6.07) is 15.9. The van der Waals surface area contributed by atoms with Gasteiger partial charge in [0.1, 0.15) is 5.69 Å². The van der Waals surface area contributed by atoms with Gasteiger partial charge in [0.05, 0.1) is 11.4 Å². The van der Waals surface area contributed by atoms with Crippen molar-refractivity contribution >= 4 is 35.0 Å². The number of carbonyl (C=O) groups excluding carboxylic acids is 1. The summed E-state index contributed by atoms with van der Waals surface area (Å²) in [6.45, 7) is 0. The third kappa shape index (κ3) is 5.46. The van der Waals surface area contributed by atoms with E-state index in [9.17, 15) is 18.0 Å². The number of carbonyl (C=O) groups is 1. The molecular formula is C19H13ClF3N3OS. The fourth-order valence-electron chi connectivity index (χ4n) is 2.25. The zero-order valence-corrected chi connectivity index (χ0v) is 15.8. The Kier molecular flexibility index (Phi) is 6.21. The molecule has 0 aliphatic rings. The van der Waals surface area contributed by atoms with E-state index in [4.69, 9.17) is 11.6 Å². The lowest BCUT2D eigenvalue weighted by Crippen LogP contribution is -2.15. The van der Waals surface area contributed by atoms with Gasteiger partial charge in [-0.05, 0) is 30.3 Å². The first-order valence-corrected chi connectivity index (χ1v) is 9.37. The highest BCUT2D eigenvalue weighted by Crippen LogP contribution is 2.32. The molecule has 0 aliphatic carbocycles. The number of amides is 1. The first kappa shape index (κ1) is 20.2. The van der Waals surface area contributed by atoms with E-state index in [-0.39, 0.29) is 16.6 Å². The number of anilines is 1. The van der Waals surface area contributed by atoms with E-state index in [0.717, 1.165) is 17.8 Å². The fourth-order valence-corrected chi connectivity index (χ4v) is 3.04. The largest absolute Gasteiger partial charge is 0.433 e. The first-order valence-electron chi connectivity index (χ1n) is 8.01. The highest BCUT2D eigenvalue weighted by atomic mass is 35.5. The number of aromatic nitrogens is 2. The lowest BCUT2D eigenvalue weighted by Gasteiger charge is -2.10. The number of halogens is 4. The average Bonchev–Trinajstić information content (AvgIpc) is 2.68. The molecular weight excluding hydrogens is 411 g/mol. The molecule has 0 aliphatic heterocycles. The van der Waals surface area contributed by atoms with Crippen LogP contribution in [0.3, 0.4) is 0 Å². The number of hydrogen-bond donors (Lipinski definition) is 1. The molecule has 3 aromatic rings. The molecule has 0 atom stereocenters. The molecule has 3 rings (SSSR count). The predicted octanol–water partition coefficient (Wildman–Crippen LogP) is 5.55. The smallest absolute Gasteiger partial charge is 0.325 e. The summed E-state index contributed by atoms with van der Waals surface area (Å²) in [7, 11) is 0. The molecule has 0 fully saturated rings. The third-order valence-electron chi connectivity index (χ3n) is 3.53. The zero-order valence-electron chi connectivity index (χ0n) is 14.2. The maximum Gasteiger partial charge on any atom is 0.433 e. The minimum absolute atomic E-state index is 0.125. The molecule has 1 heterocycles. The summed E-state index contributed by atoms with van der Waals surface area (Å²) in [6.07, 6.45) is -4.62. The number of alkyl halides is 3. The van der Waals surface area contributed by atoms with Crippen molar-refractivity contribution < 1.29 is 18.0 Å². The van der Waals surface area contributed by atoms with Crippen LogP contribution in [0.5, 0.6) is 0 Å². The molecule has 1 amide bonds. The third-order valence-corrected chi connectivity index (χ3v) is 4.63. The van der Waals surface area contributed by atoms with Gasteiger partial charge in [-0.15, -0.1) is 0 Å². The van der Waals surface area contributed by atoms with Gasteiger partial charge in [0.25, 0.3) is 0 Å². The van der Waals surface area contributed by atoms with Crippen LogP contribution >= 0.6 is 23.4 Å². The van der Waals surface area contributed by atoms with E-state index in [0.29, 0.717) is 16.3 Å². The van der Waals surface area contributed by atoms with Crippen molar-refractivity contribution in [2.24, 2.45) is 0 Å². The van der Waals surface area contributed by atoms with Gasteiger partial charge in [0, 0.05) is 16.3 Å². The van der Waals surface area contributed by atoms with Crippen molar-refractivity contribution in [2.45, 2.75) is 11.3 Å². The molecule has 9 heteroatoms. The maximum atomic E-state index is 13.2. The molecule has 0 unspecified atom stereocenters. The van der Waals surface area contributed by atoms with Gasteiger partial charge in [-0.3, -0.25) is 4.79 Å². The van der Waals surface area contributed by atoms with Crippen molar-refractivity contribution in [1.29, 1.82) is 0 Å². The molecule has 28 heavy (non-hydrogen) atoms. The maximum absolute atomic E-state index is 13.2. The van der Waals surface area contributed by atoms with E-state index < -0.39 is 17.8 Å². The summed E-state index contributed by atoms with van der Waals surface area (Å²) in [5, 5.41) is 3.04. The Morgan fingerprint density at radius 1 is 1.04 bits per heavy atom. The molecule has 4 nitrogen and oxygen atoms in total. The van der Waals surface area contributed by atoms with Crippen LogP contribution in [0.25, 0.3) is 11.3 Å². The molecule has 144 valence electrons. The first-order chi connectivity index (χ1) is 13.3. The lowest BCUT2D eigenvalue weighted by atomic mass is 10.1. The second-order valence-corrected chi connectivity index (χ2v) is 7.01. The van der Waals surface area contributed by atoms with E-state index >= 15 is 0 Å². The lowest BCUT2D eigenvalue weighted by molar-refractivity contribution is -0.141. The van der Waals surface area contributed by atoms with Crippen LogP contribution in [0.1, 0.15) is 5.69 Å². The van der Waals surface area contributed by atoms with Crippen LogP contribution in [-0.2, 0) is 11.0 Å². The minimum atomic E-state index is -4.62. The van der Waals surface area contributed by atoms with Crippen LogP contribution < -0.4 is 5.32 Å². The van der Waals surface area contributed by atoms with E-state index in [1.165, 1.54) is 0 Å². The molecule has 1 aromatic heterocycles. The quantitative estimate of drug-likeness (QED) is 0.432. The van der Waals surface area contributed by atoms with Gasteiger partial charge >= 0.3 is 6.18 Å². The van der Waals surface area contributed by atoms with Crippen molar-refractivity contribution in [2.75, 3.05) is 11.1 Å². The van der Waals surface area contributed by atoms with Gasteiger partial charge in [0.15, 0.2) is 5.16 Å². The number of hydrogen-bond acceptors (Lipinski definition) is 4. The fraction of sp³-hybridized carbons (Fsp3) is 0.105. The summed E-state index contributed by atoms with van der Waals surface area (Å²) < 4.78 is 39.6. The molecule has 0 radical (unpaired) electrons. The Hall–Kier alpha value is -2.58. The van der Waals surface area contributed by atoms with Gasteiger partial charge in [-0.1, -0.05) is 53.7 Å². The molecule has 2 aromatic carbocycles. The van der Waals surface area contributed by atoms with Crippen molar-refractivity contribution in [3.8, 4) is 11.3 Å². The number of benzene rings is 2. The second kappa shape index (κ2) is 8.62. The van der Waals surface area contributed by atoms with Crippen molar-refractivity contribution in [3.05, 3.63) is 71.4 Å². The van der Waals surface area contributed by atoms with Crippen molar-refractivity contribution in [1.82, 2.24) is 9.97 Å². The number of nitrogens with zero attached hydrogens (tertiary/aromatic N) is 2. The zero-order chi connectivity index (χ0) is 20.1. The summed E-state index contributed by atoms with van der Waals surface area (Å²) in [5.74, 6) is -0.535. The van der Waals surface area contributed by atoms with Crippen LogP contribution in [0, 0.1) is 0 Å². The van der Waals surface area contributed by atoms with Gasteiger partial charge in [-0.2, -0.15) is 13.2 Å². The highest BCUT2D eigenvalue weighted by molar-refractivity contribution is 7.99. The molecule has 0 saturated carbocycles. The molecule has 1 N–H and O–H groups in total. The molecule has 0 bridgehead atoms. The Morgan fingerprint density at radius 3 is 2.36 bits per heavy atom. The monoisotopic (exact) mass is 423 g/mol. The van der Waals surface area contributed by atoms with Gasteiger partial charge in [-0.25, -0.2) is 9.97 Å². The Balaban J connectivity index is 1.77. The van der Waals surface area contributed by atoms with Crippen molar-refractivity contribution in [3.63, 3.8) is 0 Å². The minimum Gasteiger partial charge on any atom is -0.325 e. The van der Waals surface area contributed by atoms with E-state index in [1.54, 1.807) is 54.6 Å². The Bertz CT molecular complexity index is 966. The van der Waals surface area contributed by atoms with Crippen LogP contribution in [-0.4, -0.2) is 21.6 Å². The van der Waals surface area contributed by atoms with Crippen LogP contribution in [0.2, 0.25) is 5.02 Å². The van der Waals surface area contributed by atoms with Crippen LogP contribution in [0.15, 0.2) is 65.8 Å². The van der Waals surface area contributed by atoms with E-state index in [2.05, 4.69) is 15.3 Å². The molecule has 0 spiro atoms.